The minimum absolute atomic E-state index is 0.150. The van der Waals surface area contributed by atoms with Crippen molar-refractivity contribution in [1.29, 1.82) is 0 Å². The number of hydrogen-bond donors (Lipinski definition) is 2. The Kier molecular flexibility index (Phi) is 4.08. The van der Waals surface area contributed by atoms with E-state index in [0.717, 1.165) is 11.8 Å². The van der Waals surface area contributed by atoms with Crippen molar-refractivity contribution in [3.63, 3.8) is 0 Å². The van der Waals surface area contributed by atoms with Gasteiger partial charge in [0.25, 0.3) is 0 Å². The number of nitrogens with one attached hydrogen (secondary N) is 2. The molecule has 1 amide bonds. The minimum atomic E-state index is 0.150. The standard InChI is InChI=1S/C14H26N2O/c1-9(2)10(3)16-13(17)8-15-14(11-4-5-11)12-6-7-12/h9-12,14-15H,4-8H2,1-3H3,(H,16,17). The summed E-state index contributed by atoms with van der Waals surface area (Å²) in [5, 5.41) is 6.53. The molecule has 0 aromatic carbocycles. The molecule has 1 unspecified atom stereocenters. The smallest absolute Gasteiger partial charge is 0.234 e. The summed E-state index contributed by atoms with van der Waals surface area (Å²) in [4.78, 5) is 11.8. The van der Waals surface area contributed by atoms with Crippen LogP contribution < -0.4 is 10.6 Å². The van der Waals surface area contributed by atoms with Crippen LogP contribution in [0.5, 0.6) is 0 Å². The van der Waals surface area contributed by atoms with Gasteiger partial charge in [-0.3, -0.25) is 4.79 Å². The summed E-state index contributed by atoms with van der Waals surface area (Å²) < 4.78 is 0. The van der Waals surface area contributed by atoms with Crippen molar-refractivity contribution in [2.24, 2.45) is 17.8 Å². The van der Waals surface area contributed by atoms with Gasteiger partial charge in [0.05, 0.1) is 6.54 Å². The average Bonchev–Trinajstić information content (AvgIpc) is 3.12. The van der Waals surface area contributed by atoms with Crippen molar-refractivity contribution in [2.75, 3.05) is 6.54 Å². The molecular weight excluding hydrogens is 212 g/mol. The molecule has 0 saturated heterocycles. The monoisotopic (exact) mass is 238 g/mol. The third-order valence-corrected chi connectivity index (χ3v) is 4.15. The molecule has 2 N–H and O–H groups in total. The summed E-state index contributed by atoms with van der Waals surface area (Å²) in [5.41, 5.74) is 0. The summed E-state index contributed by atoms with van der Waals surface area (Å²) >= 11 is 0. The Morgan fingerprint density at radius 2 is 1.65 bits per heavy atom. The molecule has 0 aliphatic heterocycles. The Morgan fingerprint density at radius 1 is 1.12 bits per heavy atom. The lowest BCUT2D eigenvalue weighted by molar-refractivity contribution is -0.121. The molecule has 2 rings (SSSR count). The van der Waals surface area contributed by atoms with Crippen LogP contribution in [0.25, 0.3) is 0 Å². The van der Waals surface area contributed by atoms with Crippen molar-refractivity contribution in [1.82, 2.24) is 10.6 Å². The van der Waals surface area contributed by atoms with E-state index in [0.29, 0.717) is 18.5 Å². The lowest BCUT2D eigenvalue weighted by Gasteiger charge is -2.20. The molecule has 3 nitrogen and oxygen atoms in total. The van der Waals surface area contributed by atoms with Crippen LogP contribution in [-0.4, -0.2) is 24.5 Å². The second-order valence-electron chi connectivity index (χ2n) is 6.18. The van der Waals surface area contributed by atoms with E-state index in [1.807, 2.05) is 0 Å². The molecule has 2 aliphatic carbocycles. The molecule has 98 valence electrons. The highest BCUT2D eigenvalue weighted by atomic mass is 16.1. The van der Waals surface area contributed by atoms with E-state index in [2.05, 4.69) is 31.4 Å². The number of amides is 1. The SMILES string of the molecule is CC(C)C(C)NC(=O)CNC(C1CC1)C1CC1. The normalized spacial score (nSPS) is 21.9. The molecule has 2 saturated carbocycles. The van der Waals surface area contributed by atoms with Crippen LogP contribution in [0.15, 0.2) is 0 Å². The fraction of sp³-hybridized carbons (Fsp3) is 0.929. The molecule has 0 aromatic heterocycles. The second kappa shape index (κ2) is 5.38. The Balaban J connectivity index is 1.67. The van der Waals surface area contributed by atoms with E-state index >= 15 is 0 Å². The highest BCUT2D eigenvalue weighted by molar-refractivity contribution is 5.78. The molecule has 1 atom stereocenters. The van der Waals surface area contributed by atoms with Crippen LogP contribution in [0.1, 0.15) is 46.5 Å². The van der Waals surface area contributed by atoms with Gasteiger partial charge >= 0.3 is 0 Å². The maximum atomic E-state index is 11.8. The minimum Gasteiger partial charge on any atom is -0.352 e. The largest absolute Gasteiger partial charge is 0.352 e. The van der Waals surface area contributed by atoms with Gasteiger partial charge in [0, 0.05) is 12.1 Å². The molecule has 2 aliphatic rings. The zero-order valence-corrected chi connectivity index (χ0v) is 11.3. The quantitative estimate of drug-likeness (QED) is 0.711. The Labute approximate surface area is 105 Å². The highest BCUT2D eigenvalue weighted by Crippen LogP contribution is 2.44. The first kappa shape index (κ1) is 12.9. The van der Waals surface area contributed by atoms with E-state index in [-0.39, 0.29) is 11.9 Å². The van der Waals surface area contributed by atoms with E-state index in [1.54, 1.807) is 0 Å². The maximum absolute atomic E-state index is 11.8. The average molecular weight is 238 g/mol. The van der Waals surface area contributed by atoms with Gasteiger partial charge in [-0.15, -0.1) is 0 Å². The van der Waals surface area contributed by atoms with Crippen LogP contribution in [0, 0.1) is 17.8 Å². The summed E-state index contributed by atoms with van der Waals surface area (Å²) in [6.45, 7) is 6.84. The molecule has 0 heterocycles. The first-order valence-corrected chi connectivity index (χ1v) is 7.10. The maximum Gasteiger partial charge on any atom is 0.234 e. The highest BCUT2D eigenvalue weighted by Gasteiger charge is 2.41. The summed E-state index contributed by atoms with van der Waals surface area (Å²) in [6.07, 6.45) is 5.44. The van der Waals surface area contributed by atoms with Crippen LogP contribution in [0.2, 0.25) is 0 Å². The van der Waals surface area contributed by atoms with Crippen LogP contribution in [-0.2, 0) is 4.79 Å². The van der Waals surface area contributed by atoms with Gasteiger partial charge in [0.2, 0.25) is 5.91 Å². The first-order valence-electron chi connectivity index (χ1n) is 7.10. The molecule has 0 spiro atoms. The fourth-order valence-electron chi connectivity index (χ4n) is 2.31. The Morgan fingerprint density at radius 3 is 2.06 bits per heavy atom. The number of carbonyl (C=O) groups excluding carboxylic acids is 1. The van der Waals surface area contributed by atoms with Gasteiger partial charge in [0.1, 0.15) is 0 Å². The molecule has 3 heteroatoms. The lowest BCUT2D eigenvalue weighted by atomic mass is 10.1. The molecule has 17 heavy (non-hydrogen) atoms. The number of rotatable bonds is 7. The van der Waals surface area contributed by atoms with E-state index in [4.69, 9.17) is 0 Å². The number of carbonyl (C=O) groups is 1. The van der Waals surface area contributed by atoms with Gasteiger partial charge in [-0.2, -0.15) is 0 Å². The van der Waals surface area contributed by atoms with Gasteiger partial charge in [-0.25, -0.2) is 0 Å². The van der Waals surface area contributed by atoms with Crippen LogP contribution >= 0.6 is 0 Å². The molecule has 0 aromatic rings. The molecular formula is C14H26N2O. The zero-order chi connectivity index (χ0) is 12.4. The van der Waals surface area contributed by atoms with Crippen LogP contribution in [0.4, 0.5) is 0 Å². The van der Waals surface area contributed by atoms with E-state index < -0.39 is 0 Å². The summed E-state index contributed by atoms with van der Waals surface area (Å²) in [6, 6.07) is 0.889. The molecule has 0 radical (unpaired) electrons. The second-order valence-corrected chi connectivity index (χ2v) is 6.18. The van der Waals surface area contributed by atoms with Crippen molar-refractivity contribution in [3.8, 4) is 0 Å². The van der Waals surface area contributed by atoms with Gasteiger partial charge in [-0.05, 0) is 50.4 Å². The first-order chi connectivity index (χ1) is 8.08. The third-order valence-electron chi connectivity index (χ3n) is 4.15. The fourth-order valence-corrected chi connectivity index (χ4v) is 2.31. The predicted molar refractivity (Wildman–Crippen MR) is 69.7 cm³/mol. The molecule has 2 fully saturated rings. The summed E-state index contributed by atoms with van der Waals surface area (Å²) in [7, 11) is 0. The van der Waals surface area contributed by atoms with Crippen molar-refractivity contribution >= 4 is 5.91 Å². The predicted octanol–water partition coefficient (Wildman–Crippen LogP) is 1.93. The molecule has 0 bridgehead atoms. The van der Waals surface area contributed by atoms with E-state index in [1.165, 1.54) is 25.7 Å². The van der Waals surface area contributed by atoms with Gasteiger partial charge in [0.15, 0.2) is 0 Å². The van der Waals surface area contributed by atoms with Gasteiger partial charge in [-0.1, -0.05) is 13.8 Å². The number of hydrogen-bond acceptors (Lipinski definition) is 2. The van der Waals surface area contributed by atoms with Crippen molar-refractivity contribution < 1.29 is 4.79 Å². The summed E-state index contributed by atoms with van der Waals surface area (Å²) in [5.74, 6) is 2.37. The third kappa shape index (κ3) is 3.98. The lowest BCUT2D eigenvalue weighted by Crippen LogP contribution is -2.45. The van der Waals surface area contributed by atoms with Crippen LogP contribution in [0.3, 0.4) is 0 Å². The Hall–Kier alpha value is -0.570. The topological polar surface area (TPSA) is 41.1 Å². The van der Waals surface area contributed by atoms with Gasteiger partial charge < -0.3 is 10.6 Å². The van der Waals surface area contributed by atoms with E-state index in [9.17, 15) is 4.79 Å². The zero-order valence-electron chi connectivity index (χ0n) is 11.3. The van der Waals surface area contributed by atoms with Crippen molar-refractivity contribution in [3.05, 3.63) is 0 Å². The Bertz CT molecular complexity index is 257. The van der Waals surface area contributed by atoms with Crippen molar-refractivity contribution in [2.45, 2.75) is 58.5 Å².